The second-order valence-electron chi connectivity index (χ2n) is 4.78. The zero-order valence-corrected chi connectivity index (χ0v) is 12.6. The Bertz CT molecular complexity index is 1010. The van der Waals surface area contributed by atoms with Crippen LogP contribution >= 0.6 is 0 Å². The van der Waals surface area contributed by atoms with Crippen LogP contribution in [-0.4, -0.2) is 24.1 Å². The maximum absolute atomic E-state index is 12.0. The smallest absolute Gasteiger partial charge is 0.285 e. The normalized spacial score (nSPS) is 14.6. The highest BCUT2D eigenvalue weighted by molar-refractivity contribution is 7.90. The molecular formula is C13H8N4O6S. The van der Waals surface area contributed by atoms with Crippen molar-refractivity contribution in [2.45, 2.75) is 4.90 Å². The Morgan fingerprint density at radius 3 is 2.29 bits per heavy atom. The third-order valence-electron chi connectivity index (χ3n) is 3.24. The van der Waals surface area contributed by atoms with E-state index in [1.54, 1.807) is 0 Å². The first-order chi connectivity index (χ1) is 11.3. The molecule has 3 rings (SSSR count). The molecule has 0 spiro atoms. The number of anilines is 1. The summed E-state index contributed by atoms with van der Waals surface area (Å²) < 4.78 is 27.6. The number of hydrogen-bond acceptors (Lipinski definition) is 7. The van der Waals surface area contributed by atoms with E-state index in [0.29, 0.717) is 0 Å². The minimum atomic E-state index is -4.07. The number of benzene rings is 2. The van der Waals surface area contributed by atoms with Gasteiger partial charge in [0, 0.05) is 35.5 Å². The molecule has 24 heavy (non-hydrogen) atoms. The molecule has 2 aromatic rings. The zero-order chi connectivity index (χ0) is 17.5. The Morgan fingerprint density at radius 2 is 1.62 bits per heavy atom. The predicted molar refractivity (Wildman–Crippen MR) is 83.5 cm³/mol. The summed E-state index contributed by atoms with van der Waals surface area (Å²) in [6.07, 6.45) is 0. The van der Waals surface area contributed by atoms with E-state index in [2.05, 4.69) is 9.71 Å². The van der Waals surface area contributed by atoms with Crippen molar-refractivity contribution >= 4 is 32.9 Å². The molecule has 0 amide bonds. The van der Waals surface area contributed by atoms with Gasteiger partial charge in [0.2, 0.25) is 0 Å². The Balaban J connectivity index is 2.02. The van der Waals surface area contributed by atoms with Crippen molar-refractivity contribution < 1.29 is 18.3 Å². The summed E-state index contributed by atoms with van der Waals surface area (Å²) >= 11 is 0. The molecule has 0 fully saturated rings. The lowest BCUT2D eigenvalue weighted by Crippen LogP contribution is -2.11. The Kier molecular flexibility index (Phi) is 3.49. The van der Waals surface area contributed by atoms with Gasteiger partial charge in [0.05, 0.1) is 9.85 Å². The first kappa shape index (κ1) is 15.6. The molecule has 0 saturated carbocycles. The summed E-state index contributed by atoms with van der Waals surface area (Å²) in [5, 5.41) is 24.3. The van der Waals surface area contributed by atoms with E-state index < -0.39 is 19.9 Å². The van der Waals surface area contributed by atoms with Gasteiger partial charge in [0.1, 0.15) is 4.90 Å². The SMILES string of the molecule is O=[N+]([O-])c1cccc(NC2=NS(=O)(=O)c3cc([N+](=O)[O-])ccc32)c1. The molecule has 1 heterocycles. The van der Waals surface area contributed by atoms with Gasteiger partial charge in [0.25, 0.3) is 21.4 Å². The summed E-state index contributed by atoms with van der Waals surface area (Å²) in [7, 11) is -4.07. The molecule has 11 heteroatoms. The lowest BCUT2D eigenvalue weighted by atomic mass is 10.1. The number of hydrogen-bond donors (Lipinski definition) is 1. The highest BCUT2D eigenvalue weighted by atomic mass is 32.2. The Hall–Kier alpha value is -3.34. The molecule has 0 saturated heterocycles. The molecular weight excluding hydrogens is 340 g/mol. The average molecular weight is 348 g/mol. The van der Waals surface area contributed by atoms with Crippen molar-refractivity contribution in [3.63, 3.8) is 0 Å². The van der Waals surface area contributed by atoms with Crippen LogP contribution in [0.25, 0.3) is 0 Å². The fraction of sp³-hybridized carbons (Fsp3) is 0. The van der Waals surface area contributed by atoms with Crippen LogP contribution in [0.3, 0.4) is 0 Å². The second-order valence-corrected chi connectivity index (χ2v) is 6.36. The van der Waals surface area contributed by atoms with Crippen LogP contribution in [0, 0.1) is 20.2 Å². The van der Waals surface area contributed by atoms with E-state index in [-0.39, 0.29) is 33.4 Å². The van der Waals surface area contributed by atoms with Crippen molar-refractivity contribution in [2.75, 3.05) is 5.32 Å². The quantitative estimate of drug-likeness (QED) is 0.660. The number of rotatable bonds is 3. The Morgan fingerprint density at radius 1 is 0.958 bits per heavy atom. The van der Waals surface area contributed by atoms with E-state index in [1.807, 2.05) is 0 Å². The summed E-state index contributed by atoms with van der Waals surface area (Å²) in [6, 6.07) is 8.79. The minimum absolute atomic E-state index is 0.0552. The molecule has 10 nitrogen and oxygen atoms in total. The summed E-state index contributed by atoms with van der Waals surface area (Å²) in [4.78, 5) is 20.0. The molecule has 0 atom stereocenters. The molecule has 1 N–H and O–H groups in total. The van der Waals surface area contributed by atoms with Gasteiger partial charge in [-0.1, -0.05) is 6.07 Å². The largest absolute Gasteiger partial charge is 0.339 e. The monoisotopic (exact) mass is 348 g/mol. The molecule has 0 radical (unpaired) electrons. The lowest BCUT2D eigenvalue weighted by molar-refractivity contribution is -0.385. The summed E-state index contributed by atoms with van der Waals surface area (Å²) in [6.45, 7) is 0. The van der Waals surface area contributed by atoms with Crippen molar-refractivity contribution in [3.8, 4) is 0 Å². The van der Waals surface area contributed by atoms with Crippen LogP contribution in [-0.2, 0) is 10.0 Å². The zero-order valence-electron chi connectivity index (χ0n) is 11.7. The van der Waals surface area contributed by atoms with Crippen LogP contribution in [0.1, 0.15) is 5.56 Å². The molecule has 122 valence electrons. The number of sulfonamides is 1. The number of amidine groups is 1. The average Bonchev–Trinajstić information content (AvgIpc) is 2.78. The molecule has 0 unspecified atom stereocenters. The maximum atomic E-state index is 12.0. The van der Waals surface area contributed by atoms with Gasteiger partial charge in [-0.05, 0) is 12.1 Å². The lowest BCUT2D eigenvalue weighted by Gasteiger charge is -2.06. The molecule has 2 aromatic carbocycles. The van der Waals surface area contributed by atoms with Crippen LogP contribution in [0.5, 0.6) is 0 Å². The van der Waals surface area contributed by atoms with Gasteiger partial charge in [-0.25, -0.2) is 0 Å². The van der Waals surface area contributed by atoms with E-state index >= 15 is 0 Å². The van der Waals surface area contributed by atoms with Gasteiger partial charge >= 0.3 is 0 Å². The molecule has 0 aromatic heterocycles. The van der Waals surface area contributed by atoms with Crippen molar-refractivity contribution in [2.24, 2.45) is 4.40 Å². The second kappa shape index (κ2) is 5.38. The van der Waals surface area contributed by atoms with Gasteiger partial charge < -0.3 is 5.32 Å². The van der Waals surface area contributed by atoms with Crippen LogP contribution in [0.2, 0.25) is 0 Å². The highest BCUT2D eigenvalue weighted by Gasteiger charge is 2.31. The number of fused-ring (bicyclic) bond motifs is 1. The highest BCUT2D eigenvalue weighted by Crippen LogP contribution is 2.30. The van der Waals surface area contributed by atoms with Crippen molar-refractivity contribution in [1.82, 2.24) is 0 Å². The van der Waals surface area contributed by atoms with Gasteiger partial charge in [-0.2, -0.15) is 8.42 Å². The number of nitrogens with one attached hydrogen (secondary N) is 1. The van der Waals surface area contributed by atoms with Gasteiger partial charge in [0.15, 0.2) is 5.84 Å². The fourth-order valence-corrected chi connectivity index (χ4v) is 3.37. The molecule has 0 bridgehead atoms. The van der Waals surface area contributed by atoms with Crippen molar-refractivity contribution in [3.05, 3.63) is 68.3 Å². The standard InChI is InChI=1S/C13H8N4O6S/c18-16(19)9-3-1-2-8(6-9)14-13-11-5-4-10(17(20)21)7-12(11)24(22,23)15-13/h1-7H,(H,14,15). The molecule has 1 aliphatic rings. The first-order valence-corrected chi connectivity index (χ1v) is 7.87. The summed E-state index contributed by atoms with van der Waals surface area (Å²) in [5.74, 6) is -0.0552. The number of nitrogens with zero attached hydrogens (tertiary/aromatic N) is 3. The van der Waals surface area contributed by atoms with E-state index in [1.165, 1.54) is 30.3 Å². The maximum Gasteiger partial charge on any atom is 0.285 e. The minimum Gasteiger partial charge on any atom is -0.339 e. The van der Waals surface area contributed by atoms with Gasteiger partial charge in [-0.15, -0.1) is 4.40 Å². The number of nitro groups is 2. The molecule has 1 aliphatic heterocycles. The molecule has 0 aliphatic carbocycles. The first-order valence-electron chi connectivity index (χ1n) is 6.43. The van der Waals surface area contributed by atoms with E-state index in [9.17, 15) is 28.6 Å². The van der Waals surface area contributed by atoms with Crippen LogP contribution in [0.15, 0.2) is 51.8 Å². The van der Waals surface area contributed by atoms with Crippen LogP contribution in [0.4, 0.5) is 17.1 Å². The summed E-state index contributed by atoms with van der Waals surface area (Å²) in [5.41, 5.74) is -0.119. The Labute approximate surface area is 134 Å². The number of non-ortho nitro benzene ring substituents is 2. The van der Waals surface area contributed by atoms with Gasteiger partial charge in [-0.3, -0.25) is 20.2 Å². The number of nitro benzene ring substituents is 2. The van der Waals surface area contributed by atoms with E-state index in [0.717, 1.165) is 12.1 Å². The van der Waals surface area contributed by atoms with Crippen molar-refractivity contribution in [1.29, 1.82) is 0 Å². The third-order valence-corrected chi connectivity index (χ3v) is 4.56. The van der Waals surface area contributed by atoms with Crippen LogP contribution < -0.4 is 5.32 Å². The predicted octanol–water partition coefficient (Wildman–Crippen LogP) is 2.06. The fourth-order valence-electron chi connectivity index (χ4n) is 2.18. The van der Waals surface area contributed by atoms with E-state index in [4.69, 9.17) is 0 Å². The topological polar surface area (TPSA) is 145 Å². The third kappa shape index (κ3) is 2.67.